The molecule has 2 aromatic rings. The molecule has 2 fully saturated rings. The smallest absolute Gasteiger partial charge is 0.302 e. The van der Waals surface area contributed by atoms with E-state index in [0.717, 1.165) is 19.1 Å². The van der Waals surface area contributed by atoms with Crippen molar-refractivity contribution in [1.29, 1.82) is 0 Å². The van der Waals surface area contributed by atoms with Gasteiger partial charge in [0.25, 0.3) is 0 Å². The van der Waals surface area contributed by atoms with E-state index in [9.17, 15) is 50.1 Å². The first kappa shape index (κ1) is 30.8. The highest BCUT2D eigenvalue weighted by Gasteiger charge is 2.50. The maximum Gasteiger partial charge on any atom is 0.302 e. The lowest BCUT2D eigenvalue weighted by atomic mass is 9.82. The molecule has 43 heavy (non-hydrogen) atoms. The van der Waals surface area contributed by atoms with E-state index in [1.165, 1.54) is 19.1 Å². The molecule has 2 aromatic carbocycles. The van der Waals surface area contributed by atoms with Crippen molar-refractivity contribution in [3.05, 3.63) is 52.1 Å². The van der Waals surface area contributed by atoms with Crippen LogP contribution in [-0.4, -0.2) is 122 Å². The molecule has 0 spiro atoms. The van der Waals surface area contributed by atoms with Crippen molar-refractivity contribution in [1.82, 2.24) is 0 Å². The lowest BCUT2D eigenvalue weighted by molar-refractivity contribution is -0.345. The van der Waals surface area contributed by atoms with Crippen LogP contribution in [0.5, 0.6) is 17.2 Å². The van der Waals surface area contributed by atoms with Crippen LogP contribution >= 0.6 is 0 Å². The fourth-order valence-electron chi connectivity index (χ4n) is 5.13. The highest BCUT2D eigenvalue weighted by molar-refractivity contribution is 6.29. The van der Waals surface area contributed by atoms with Crippen LogP contribution in [0, 0.1) is 6.92 Å². The molecule has 15 nitrogen and oxygen atoms in total. The van der Waals surface area contributed by atoms with E-state index >= 15 is 0 Å². The third-order valence-electron chi connectivity index (χ3n) is 7.55. The number of ether oxygens (including phenoxy) is 5. The van der Waals surface area contributed by atoms with Gasteiger partial charge in [0.05, 0.1) is 12.2 Å². The van der Waals surface area contributed by atoms with Gasteiger partial charge in [0.1, 0.15) is 60.5 Å². The minimum atomic E-state index is -1.83. The maximum atomic E-state index is 13.3. The van der Waals surface area contributed by atoms with Crippen LogP contribution < -0.4 is 4.74 Å². The largest absolute Gasteiger partial charge is 0.508 e. The first-order valence-corrected chi connectivity index (χ1v) is 13.2. The molecule has 0 amide bonds. The Morgan fingerprint density at radius 1 is 0.907 bits per heavy atom. The molecule has 2 saturated heterocycles. The van der Waals surface area contributed by atoms with Crippen LogP contribution in [0.4, 0.5) is 0 Å². The summed E-state index contributed by atoms with van der Waals surface area (Å²) in [6, 6.07) is 4.76. The fraction of sp³-hybridized carbons (Fsp3) is 0.464. The second-order valence-corrected chi connectivity index (χ2v) is 10.5. The van der Waals surface area contributed by atoms with Gasteiger partial charge < -0.3 is 59.4 Å². The van der Waals surface area contributed by atoms with Crippen molar-refractivity contribution in [3.63, 3.8) is 0 Å². The Morgan fingerprint density at radius 3 is 2.33 bits per heavy atom. The number of carbonyl (C=O) groups excluding carboxylic acids is 3. The monoisotopic (exact) mass is 606 g/mol. The van der Waals surface area contributed by atoms with Gasteiger partial charge in [-0.25, -0.2) is 0 Å². The Bertz CT molecular complexity index is 1440. The van der Waals surface area contributed by atoms with Gasteiger partial charge in [0.15, 0.2) is 24.0 Å². The molecule has 1 aliphatic carbocycles. The zero-order valence-corrected chi connectivity index (χ0v) is 22.8. The van der Waals surface area contributed by atoms with E-state index < -0.39 is 91.8 Å². The van der Waals surface area contributed by atoms with Crippen molar-refractivity contribution in [2.75, 3.05) is 13.2 Å². The Morgan fingerprint density at radius 2 is 1.63 bits per heavy atom. The van der Waals surface area contributed by atoms with Crippen LogP contribution in [0.3, 0.4) is 0 Å². The molecular formula is C28H30O15. The summed E-state index contributed by atoms with van der Waals surface area (Å²) in [5.74, 6) is -3.14. The minimum absolute atomic E-state index is 0.0193. The van der Waals surface area contributed by atoms with Gasteiger partial charge in [0, 0.05) is 29.2 Å². The topological polar surface area (TPSA) is 239 Å². The molecule has 0 aromatic heterocycles. The number of esters is 1. The fourth-order valence-corrected chi connectivity index (χ4v) is 5.13. The van der Waals surface area contributed by atoms with Crippen molar-refractivity contribution >= 4 is 17.5 Å². The molecule has 2 heterocycles. The van der Waals surface area contributed by atoms with Crippen LogP contribution in [-0.2, 0) is 23.7 Å². The highest BCUT2D eigenvalue weighted by Crippen LogP contribution is 2.41. The van der Waals surface area contributed by atoms with Crippen molar-refractivity contribution in [3.8, 4) is 17.2 Å². The second kappa shape index (κ2) is 11.8. The van der Waals surface area contributed by atoms with Crippen LogP contribution in [0.2, 0.25) is 0 Å². The number of aromatic hydroxyl groups is 2. The van der Waals surface area contributed by atoms with Crippen LogP contribution in [0.15, 0.2) is 24.3 Å². The summed E-state index contributed by atoms with van der Waals surface area (Å²) >= 11 is 0. The van der Waals surface area contributed by atoms with Gasteiger partial charge in [0.2, 0.25) is 6.29 Å². The molecule has 232 valence electrons. The molecule has 3 aliphatic rings. The first-order chi connectivity index (χ1) is 20.3. The lowest BCUT2D eigenvalue weighted by Crippen LogP contribution is -2.64. The van der Waals surface area contributed by atoms with Crippen LogP contribution in [0.1, 0.15) is 44.3 Å². The van der Waals surface area contributed by atoms with Gasteiger partial charge >= 0.3 is 5.97 Å². The maximum absolute atomic E-state index is 13.3. The zero-order chi connectivity index (χ0) is 31.3. The number of fused-ring (bicyclic) bond motifs is 2. The summed E-state index contributed by atoms with van der Waals surface area (Å²) < 4.78 is 27.5. The summed E-state index contributed by atoms with van der Waals surface area (Å²) in [5, 5.41) is 72.7. The van der Waals surface area contributed by atoms with Gasteiger partial charge in [-0.1, -0.05) is 0 Å². The van der Waals surface area contributed by atoms with Crippen molar-refractivity contribution < 1.29 is 73.8 Å². The molecule has 15 heteroatoms. The summed E-state index contributed by atoms with van der Waals surface area (Å²) in [6.07, 6.45) is -14.8. The number of ketones is 2. The van der Waals surface area contributed by atoms with Gasteiger partial charge in [-0.2, -0.15) is 0 Å². The van der Waals surface area contributed by atoms with Crippen LogP contribution in [0.25, 0.3) is 0 Å². The van der Waals surface area contributed by atoms with Crippen molar-refractivity contribution in [2.45, 2.75) is 69.2 Å². The minimum Gasteiger partial charge on any atom is -0.508 e. The molecule has 0 bridgehead atoms. The number of aliphatic hydroxyl groups is 5. The Balaban J connectivity index is 1.50. The van der Waals surface area contributed by atoms with E-state index in [1.807, 2.05) is 0 Å². The second-order valence-electron chi connectivity index (χ2n) is 10.5. The number of carbonyl (C=O) groups is 3. The molecule has 0 unspecified atom stereocenters. The zero-order valence-electron chi connectivity index (χ0n) is 22.8. The Labute approximate surface area is 243 Å². The number of phenols is 2. The average Bonchev–Trinajstić information content (AvgIpc) is 2.96. The van der Waals surface area contributed by atoms with Gasteiger partial charge in [-0.15, -0.1) is 0 Å². The highest BCUT2D eigenvalue weighted by atomic mass is 16.8. The Kier molecular flexibility index (Phi) is 8.43. The van der Waals surface area contributed by atoms with E-state index in [1.54, 1.807) is 0 Å². The quantitative estimate of drug-likeness (QED) is 0.156. The number of hydrogen-bond acceptors (Lipinski definition) is 15. The van der Waals surface area contributed by atoms with Crippen molar-refractivity contribution in [2.24, 2.45) is 0 Å². The van der Waals surface area contributed by atoms with Gasteiger partial charge in [-0.05, 0) is 31.2 Å². The third-order valence-corrected chi connectivity index (χ3v) is 7.55. The molecule has 5 rings (SSSR count). The summed E-state index contributed by atoms with van der Waals surface area (Å²) in [7, 11) is 0. The SMILES string of the molecule is CC(=O)OC[C@@H]1O[C@H](Oc2cc3c(c(O)c2C)C(=O)c2ccc(O)cc2C3=O)[C@@H](O[C@H]2OC[C@H](O)[C@@H](O)[C@@H]2O)[C@H](O)[C@H]1O. The summed E-state index contributed by atoms with van der Waals surface area (Å²) in [5.41, 5.74) is -0.693. The lowest BCUT2D eigenvalue weighted by Gasteiger charge is -2.44. The van der Waals surface area contributed by atoms with E-state index in [-0.39, 0.29) is 39.3 Å². The molecule has 0 saturated carbocycles. The molecule has 2 aliphatic heterocycles. The van der Waals surface area contributed by atoms with E-state index in [2.05, 4.69) is 0 Å². The molecular weight excluding hydrogens is 576 g/mol. The predicted molar refractivity (Wildman–Crippen MR) is 138 cm³/mol. The average molecular weight is 607 g/mol. The first-order valence-electron chi connectivity index (χ1n) is 13.2. The molecule has 9 atom stereocenters. The Hall–Kier alpha value is -3.67. The number of phenolic OH excluding ortho intramolecular Hbond substituents is 2. The summed E-state index contributed by atoms with van der Waals surface area (Å²) in [6.45, 7) is 1.53. The number of benzene rings is 2. The standard InChI is InChI=1S/C28H30O15/c1-9-16(6-14-18(19(9)32)21(34)12-4-3-11(30)5-13(12)20(14)33)41-28-26(43-27-25(38)22(35)15(31)7-40-27)24(37)23(36)17(42-28)8-39-10(2)29/h3-6,15,17,22-28,30-32,35-38H,7-8H2,1-2H3/t15-,17-,22+,23-,24+,25-,26-,27+,28-/m0/s1. The predicted octanol–water partition coefficient (Wildman–Crippen LogP) is -1.61. The third kappa shape index (κ3) is 5.57. The molecule has 0 radical (unpaired) electrons. The molecule has 7 N–H and O–H groups in total. The normalized spacial score (nSPS) is 32.1. The summed E-state index contributed by atoms with van der Waals surface area (Å²) in [4.78, 5) is 37.9. The number of aliphatic hydroxyl groups excluding tert-OH is 5. The number of rotatable bonds is 6. The van der Waals surface area contributed by atoms with E-state index in [4.69, 9.17) is 23.7 Å². The number of hydrogen-bond donors (Lipinski definition) is 7. The van der Waals surface area contributed by atoms with E-state index in [0.29, 0.717) is 0 Å². The van der Waals surface area contributed by atoms with Gasteiger partial charge in [-0.3, -0.25) is 14.4 Å².